The molecule has 0 bridgehead atoms. The summed E-state index contributed by atoms with van der Waals surface area (Å²) in [6.45, 7) is 5.09. The molecule has 0 fully saturated rings. The zero-order chi connectivity index (χ0) is 29.6. The second kappa shape index (κ2) is 13.0. The summed E-state index contributed by atoms with van der Waals surface area (Å²) >= 11 is 0. The molecule has 0 aliphatic rings. The third-order valence-electron chi connectivity index (χ3n) is 6.51. The molecule has 0 aliphatic carbocycles. The summed E-state index contributed by atoms with van der Waals surface area (Å²) in [5.41, 5.74) is 12.6. The number of aromatic nitrogens is 2. The minimum Gasteiger partial charge on any atom is -0.397 e. The summed E-state index contributed by atoms with van der Waals surface area (Å²) in [4.78, 5) is 15.0. The van der Waals surface area contributed by atoms with E-state index in [1.54, 1.807) is 47.3 Å². The van der Waals surface area contributed by atoms with Gasteiger partial charge in [0.2, 0.25) is 0 Å². The van der Waals surface area contributed by atoms with E-state index in [9.17, 15) is 18.0 Å². The van der Waals surface area contributed by atoms with E-state index in [-0.39, 0.29) is 23.4 Å². The van der Waals surface area contributed by atoms with Gasteiger partial charge in [-0.1, -0.05) is 12.1 Å². The van der Waals surface area contributed by atoms with Crippen LogP contribution in [0.25, 0.3) is 5.70 Å². The van der Waals surface area contributed by atoms with Gasteiger partial charge < -0.3 is 21.3 Å². The SMILES string of the molecule is CNN(/C=C(\N)c1cnn(C)c1C)c1cc(C(=O)Nc2ccc(CNCCN(C)C)c(C(F)(F)F)c2)ccc1C. The number of nitrogens with zero attached hydrogens (tertiary/aromatic N) is 4. The highest BCUT2D eigenvalue weighted by atomic mass is 19.4. The molecule has 0 spiro atoms. The number of nitrogens with two attached hydrogens (primary N) is 1. The van der Waals surface area contributed by atoms with Crippen LogP contribution in [0.3, 0.4) is 0 Å². The number of carbonyl (C=O) groups is 1. The number of benzene rings is 2. The number of hydrazine groups is 1. The standard InChI is InChI=1S/C28H37F3N8O/c1-18-7-8-20(13-26(18)39(33-3)17-25(32)23-16-35-38(6)19(23)2)27(40)36-22-10-9-21(15-34-11-12-37(4)5)24(14-22)28(29,30)31/h7-10,13-14,16-17,33-34H,11-12,15,32H2,1-6H3,(H,36,40)/b25-17-. The normalized spacial score (nSPS) is 12.2. The van der Waals surface area contributed by atoms with Gasteiger partial charge in [0, 0.05) is 62.4 Å². The molecule has 0 radical (unpaired) electrons. The van der Waals surface area contributed by atoms with Gasteiger partial charge in [-0.05, 0) is 63.3 Å². The quantitative estimate of drug-likeness (QED) is 0.209. The highest BCUT2D eigenvalue weighted by Crippen LogP contribution is 2.34. The number of hydrogen-bond donors (Lipinski definition) is 4. The first-order valence-corrected chi connectivity index (χ1v) is 12.7. The molecule has 0 saturated heterocycles. The van der Waals surface area contributed by atoms with Crippen molar-refractivity contribution < 1.29 is 18.0 Å². The van der Waals surface area contributed by atoms with Crippen molar-refractivity contribution in [3.8, 4) is 0 Å². The van der Waals surface area contributed by atoms with Crippen LogP contribution in [0.1, 0.15) is 38.3 Å². The van der Waals surface area contributed by atoms with Crippen molar-refractivity contribution in [3.05, 3.63) is 82.3 Å². The summed E-state index contributed by atoms with van der Waals surface area (Å²) in [7, 11) is 7.32. The maximum atomic E-state index is 13.8. The lowest BCUT2D eigenvalue weighted by Crippen LogP contribution is -2.31. The van der Waals surface area contributed by atoms with Crippen LogP contribution in [0.2, 0.25) is 0 Å². The van der Waals surface area contributed by atoms with Crippen LogP contribution in [0.5, 0.6) is 0 Å². The van der Waals surface area contributed by atoms with Crippen LogP contribution in [0.15, 0.2) is 48.8 Å². The van der Waals surface area contributed by atoms with E-state index in [2.05, 4.69) is 21.2 Å². The molecule has 0 atom stereocenters. The van der Waals surface area contributed by atoms with E-state index in [4.69, 9.17) is 5.73 Å². The molecule has 9 nitrogen and oxygen atoms in total. The number of amides is 1. The fourth-order valence-corrected chi connectivity index (χ4v) is 4.06. The van der Waals surface area contributed by atoms with Crippen LogP contribution in [-0.4, -0.2) is 54.8 Å². The topological polar surface area (TPSA) is 103 Å². The number of anilines is 2. The summed E-state index contributed by atoms with van der Waals surface area (Å²) in [6, 6.07) is 8.86. The molecule has 3 aromatic rings. The molecule has 2 aromatic carbocycles. The van der Waals surface area contributed by atoms with Gasteiger partial charge >= 0.3 is 6.18 Å². The van der Waals surface area contributed by atoms with Gasteiger partial charge in [0.25, 0.3) is 5.91 Å². The maximum absolute atomic E-state index is 13.8. The maximum Gasteiger partial charge on any atom is 0.416 e. The lowest BCUT2D eigenvalue weighted by Gasteiger charge is -2.23. The number of halogens is 3. The minimum absolute atomic E-state index is 0.0538. The van der Waals surface area contributed by atoms with E-state index < -0.39 is 17.6 Å². The molecule has 1 heterocycles. The Bertz CT molecular complexity index is 1360. The second-order valence-electron chi connectivity index (χ2n) is 9.75. The second-order valence-corrected chi connectivity index (χ2v) is 9.75. The zero-order valence-electron chi connectivity index (χ0n) is 23.6. The van der Waals surface area contributed by atoms with Crippen molar-refractivity contribution in [2.45, 2.75) is 26.6 Å². The average Bonchev–Trinajstić information content (AvgIpc) is 3.23. The minimum atomic E-state index is -4.57. The Kier molecular flexibility index (Phi) is 9.96. The third-order valence-corrected chi connectivity index (χ3v) is 6.51. The lowest BCUT2D eigenvalue weighted by atomic mass is 10.0. The fourth-order valence-electron chi connectivity index (χ4n) is 4.06. The number of nitrogens with one attached hydrogen (secondary N) is 3. The van der Waals surface area contributed by atoms with Crippen LogP contribution in [0.4, 0.5) is 24.5 Å². The van der Waals surface area contributed by atoms with Crippen LogP contribution in [-0.2, 0) is 19.8 Å². The first-order chi connectivity index (χ1) is 18.8. The Morgan fingerprint density at radius 2 is 1.88 bits per heavy atom. The summed E-state index contributed by atoms with van der Waals surface area (Å²) in [5, 5.41) is 11.5. The van der Waals surface area contributed by atoms with E-state index in [1.807, 2.05) is 39.9 Å². The predicted molar refractivity (Wildman–Crippen MR) is 152 cm³/mol. The van der Waals surface area contributed by atoms with Crippen LogP contribution < -0.4 is 26.8 Å². The summed E-state index contributed by atoms with van der Waals surface area (Å²) < 4.78 is 43.2. The van der Waals surface area contributed by atoms with Crippen molar-refractivity contribution in [1.29, 1.82) is 0 Å². The van der Waals surface area contributed by atoms with Crippen LogP contribution >= 0.6 is 0 Å². The molecule has 40 heavy (non-hydrogen) atoms. The molecule has 5 N–H and O–H groups in total. The van der Waals surface area contributed by atoms with E-state index >= 15 is 0 Å². The third kappa shape index (κ3) is 7.62. The van der Waals surface area contributed by atoms with E-state index in [0.29, 0.717) is 24.5 Å². The Morgan fingerprint density at radius 1 is 1.15 bits per heavy atom. The fraction of sp³-hybridized carbons (Fsp3) is 0.357. The number of alkyl halides is 3. The van der Waals surface area contributed by atoms with Gasteiger partial charge in [0.05, 0.1) is 23.1 Å². The molecule has 0 unspecified atom stereocenters. The summed E-state index contributed by atoms with van der Waals surface area (Å²) in [6.07, 6.45) is -1.20. The molecule has 0 saturated carbocycles. The van der Waals surface area contributed by atoms with Crippen molar-refractivity contribution in [3.63, 3.8) is 0 Å². The van der Waals surface area contributed by atoms with Crippen LogP contribution in [0, 0.1) is 13.8 Å². The van der Waals surface area contributed by atoms with Gasteiger partial charge in [-0.3, -0.25) is 14.5 Å². The Balaban J connectivity index is 1.83. The van der Waals surface area contributed by atoms with E-state index in [0.717, 1.165) is 22.9 Å². The lowest BCUT2D eigenvalue weighted by molar-refractivity contribution is -0.138. The smallest absolute Gasteiger partial charge is 0.397 e. The highest BCUT2D eigenvalue weighted by Gasteiger charge is 2.33. The molecular formula is C28H37F3N8O. The number of hydrogen-bond acceptors (Lipinski definition) is 7. The van der Waals surface area contributed by atoms with Crippen molar-refractivity contribution in [2.75, 3.05) is 44.6 Å². The number of likely N-dealkylation sites (N-methyl/N-ethyl adjacent to an activating group) is 1. The molecule has 1 amide bonds. The van der Waals surface area contributed by atoms with Crippen molar-refractivity contribution >= 4 is 23.0 Å². The largest absolute Gasteiger partial charge is 0.416 e. The number of carbonyl (C=O) groups excluding carboxylic acids is 1. The van der Waals surface area contributed by atoms with Gasteiger partial charge in [0.1, 0.15) is 0 Å². The van der Waals surface area contributed by atoms with Gasteiger partial charge in [-0.25, -0.2) is 5.43 Å². The Hall–Kier alpha value is -3.87. The van der Waals surface area contributed by atoms with Gasteiger partial charge in [-0.15, -0.1) is 0 Å². The van der Waals surface area contributed by atoms with Crippen molar-refractivity contribution in [2.24, 2.45) is 12.8 Å². The van der Waals surface area contributed by atoms with Crippen molar-refractivity contribution in [1.82, 2.24) is 25.4 Å². The first-order valence-electron chi connectivity index (χ1n) is 12.7. The molecule has 1 aromatic heterocycles. The molecule has 0 aliphatic heterocycles. The molecule has 216 valence electrons. The van der Waals surface area contributed by atoms with Gasteiger partial charge in [-0.2, -0.15) is 18.3 Å². The molecular weight excluding hydrogens is 521 g/mol. The number of rotatable bonds is 11. The van der Waals surface area contributed by atoms with E-state index in [1.165, 1.54) is 12.1 Å². The number of aryl methyl sites for hydroxylation is 2. The highest BCUT2D eigenvalue weighted by molar-refractivity contribution is 6.05. The average molecular weight is 559 g/mol. The zero-order valence-corrected chi connectivity index (χ0v) is 23.6. The molecule has 12 heteroatoms. The van der Waals surface area contributed by atoms with Gasteiger partial charge in [0.15, 0.2) is 0 Å². The predicted octanol–water partition coefficient (Wildman–Crippen LogP) is 3.86. The summed E-state index contributed by atoms with van der Waals surface area (Å²) in [5.74, 6) is -0.539. The monoisotopic (exact) mass is 558 g/mol. The Labute approximate surface area is 232 Å². The first kappa shape index (κ1) is 30.7. The molecule has 3 rings (SSSR count). The Morgan fingerprint density at radius 3 is 2.48 bits per heavy atom.